The summed E-state index contributed by atoms with van der Waals surface area (Å²) in [5.74, 6) is 1.13. The molecule has 1 aliphatic heterocycles. The highest BCUT2D eigenvalue weighted by Gasteiger charge is 2.16. The van der Waals surface area contributed by atoms with E-state index < -0.39 is 4.92 Å². The Balaban J connectivity index is 1.41. The van der Waals surface area contributed by atoms with Crippen LogP contribution in [0.5, 0.6) is 0 Å². The number of carbonyl (C=O) groups excluding carboxylic acids is 1. The number of aryl methyl sites for hydroxylation is 1. The minimum absolute atomic E-state index is 0.0557. The van der Waals surface area contributed by atoms with Gasteiger partial charge in [-0.1, -0.05) is 0 Å². The zero-order chi connectivity index (χ0) is 21.8. The third kappa shape index (κ3) is 4.95. The third-order valence-electron chi connectivity index (χ3n) is 4.99. The maximum absolute atomic E-state index is 12.4. The lowest BCUT2D eigenvalue weighted by Gasteiger charge is -2.17. The number of hydrogen-bond acceptors (Lipinski definition) is 7. The predicted molar refractivity (Wildman–Crippen MR) is 119 cm³/mol. The van der Waals surface area contributed by atoms with Crippen molar-refractivity contribution in [2.24, 2.45) is 0 Å². The minimum Gasteiger partial charge on any atom is -0.341 e. The van der Waals surface area contributed by atoms with Crippen molar-refractivity contribution in [2.45, 2.75) is 19.8 Å². The van der Waals surface area contributed by atoms with Crippen molar-refractivity contribution in [3.8, 4) is 0 Å². The molecule has 1 aromatic heterocycles. The predicted octanol–water partition coefficient (Wildman–Crippen LogP) is 4.29. The van der Waals surface area contributed by atoms with Crippen molar-refractivity contribution in [3.05, 3.63) is 76.0 Å². The lowest BCUT2D eigenvalue weighted by Crippen LogP contribution is -2.21. The van der Waals surface area contributed by atoms with Gasteiger partial charge in [-0.25, -0.2) is 4.98 Å². The van der Waals surface area contributed by atoms with Gasteiger partial charge in [-0.05, 0) is 56.2 Å². The molecule has 9 nitrogen and oxygen atoms in total. The topological polar surface area (TPSA) is 113 Å². The summed E-state index contributed by atoms with van der Waals surface area (Å²) in [5, 5.41) is 16.8. The number of non-ortho nitro benzene ring substituents is 1. The van der Waals surface area contributed by atoms with Gasteiger partial charge >= 0.3 is 0 Å². The molecule has 0 aliphatic carbocycles. The van der Waals surface area contributed by atoms with Gasteiger partial charge in [0, 0.05) is 53.9 Å². The molecule has 0 unspecified atom stereocenters. The van der Waals surface area contributed by atoms with E-state index in [1.165, 1.54) is 24.3 Å². The molecule has 0 atom stereocenters. The normalized spacial score (nSPS) is 13.1. The van der Waals surface area contributed by atoms with E-state index in [4.69, 9.17) is 0 Å². The summed E-state index contributed by atoms with van der Waals surface area (Å²) in [6.07, 6.45) is 2.32. The maximum atomic E-state index is 12.4. The number of benzene rings is 2. The summed E-state index contributed by atoms with van der Waals surface area (Å²) in [5.41, 5.74) is 2.63. The summed E-state index contributed by atoms with van der Waals surface area (Å²) in [6, 6.07) is 14.6. The first kappa shape index (κ1) is 20.3. The molecule has 2 N–H and O–H groups in total. The van der Waals surface area contributed by atoms with Crippen molar-refractivity contribution in [1.82, 2.24) is 9.97 Å². The van der Waals surface area contributed by atoms with Gasteiger partial charge in [0.1, 0.15) is 5.82 Å². The molecule has 0 radical (unpaired) electrons. The zero-order valence-electron chi connectivity index (χ0n) is 17.0. The van der Waals surface area contributed by atoms with Crippen molar-refractivity contribution >= 4 is 34.7 Å². The standard InChI is InChI=1S/C22H22N6O3/c1-15-14-20(26-22(23-15)27-12-2-3-13-27)24-17-6-8-18(9-7-17)25-21(29)16-4-10-19(11-5-16)28(30)31/h4-11,14H,2-3,12-13H2,1H3,(H,25,29)(H,23,24,26). The second kappa shape index (κ2) is 8.78. The molecule has 4 rings (SSSR count). The van der Waals surface area contributed by atoms with Crippen LogP contribution in [0.25, 0.3) is 0 Å². The number of nitro benzene ring substituents is 1. The van der Waals surface area contributed by atoms with Crippen LogP contribution in [0.3, 0.4) is 0 Å². The highest BCUT2D eigenvalue weighted by molar-refractivity contribution is 6.04. The van der Waals surface area contributed by atoms with Crippen LogP contribution < -0.4 is 15.5 Å². The fourth-order valence-electron chi connectivity index (χ4n) is 3.40. The lowest BCUT2D eigenvalue weighted by molar-refractivity contribution is -0.384. The Hall–Kier alpha value is -4.01. The molecule has 1 fully saturated rings. The van der Waals surface area contributed by atoms with Crippen LogP contribution in [-0.2, 0) is 0 Å². The van der Waals surface area contributed by atoms with Crippen LogP contribution in [0.4, 0.5) is 28.8 Å². The Morgan fingerprint density at radius 1 is 1.00 bits per heavy atom. The Labute approximate surface area is 179 Å². The highest BCUT2D eigenvalue weighted by Crippen LogP contribution is 2.22. The first-order valence-corrected chi connectivity index (χ1v) is 10.0. The van der Waals surface area contributed by atoms with Gasteiger partial charge in [0.2, 0.25) is 5.95 Å². The van der Waals surface area contributed by atoms with Crippen LogP contribution in [0.1, 0.15) is 28.9 Å². The van der Waals surface area contributed by atoms with Crippen molar-refractivity contribution < 1.29 is 9.72 Å². The van der Waals surface area contributed by atoms with Gasteiger partial charge in [-0.2, -0.15) is 4.98 Å². The second-order valence-corrected chi connectivity index (χ2v) is 7.35. The third-order valence-corrected chi connectivity index (χ3v) is 4.99. The summed E-state index contributed by atoms with van der Waals surface area (Å²) in [4.78, 5) is 33.9. The molecule has 1 aliphatic rings. The quantitative estimate of drug-likeness (QED) is 0.453. The van der Waals surface area contributed by atoms with Crippen molar-refractivity contribution in [1.29, 1.82) is 0 Å². The molecule has 2 aromatic carbocycles. The molecule has 3 aromatic rings. The average Bonchev–Trinajstić information content (AvgIpc) is 3.30. The number of rotatable bonds is 6. The smallest absolute Gasteiger partial charge is 0.269 e. The van der Waals surface area contributed by atoms with Gasteiger partial charge in [-0.15, -0.1) is 0 Å². The van der Waals surface area contributed by atoms with E-state index in [9.17, 15) is 14.9 Å². The van der Waals surface area contributed by atoms with E-state index in [2.05, 4.69) is 25.5 Å². The molecule has 1 amide bonds. The number of amides is 1. The molecule has 0 spiro atoms. The number of hydrogen-bond donors (Lipinski definition) is 2. The number of anilines is 4. The molecule has 1 saturated heterocycles. The minimum atomic E-state index is -0.499. The summed E-state index contributed by atoms with van der Waals surface area (Å²) >= 11 is 0. The molecular formula is C22H22N6O3. The van der Waals surface area contributed by atoms with Crippen molar-refractivity contribution in [2.75, 3.05) is 28.6 Å². The van der Waals surface area contributed by atoms with E-state index in [1.54, 1.807) is 12.1 Å². The number of aromatic nitrogens is 2. The first-order chi connectivity index (χ1) is 15.0. The zero-order valence-corrected chi connectivity index (χ0v) is 17.0. The fourth-order valence-corrected chi connectivity index (χ4v) is 3.40. The fraction of sp³-hybridized carbons (Fsp3) is 0.227. The first-order valence-electron chi connectivity index (χ1n) is 10.0. The number of carbonyl (C=O) groups is 1. The average molecular weight is 418 g/mol. The molecule has 158 valence electrons. The Kier molecular flexibility index (Phi) is 5.74. The van der Waals surface area contributed by atoms with Crippen LogP contribution >= 0.6 is 0 Å². The SMILES string of the molecule is Cc1cc(Nc2ccc(NC(=O)c3ccc([N+](=O)[O-])cc3)cc2)nc(N2CCCC2)n1. The molecular weight excluding hydrogens is 396 g/mol. The van der Waals surface area contributed by atoms with Crippen LogP contribution in [0, 0.1) is 17.0 Å². The van der Waals surface area contributed by atoms with Crippen molar-refractivity contribution in [3.63, 3.8) is 0 Å². The number of nitro groups is 1. The van der Waals surface area contributed by atoms with E-state index >= 15 is 0 Å². The molecule has 9 heteroatoms. The monoisotopic (exact) mass is 418 g/mol. The van der Waals surface area contributed by atoms with Gasteiger partial charge in [0.25, 0.3) is 11.6 Å². The Morgan fingerprint density at radius 3 is 2.29 bits per heavy atom. The summed E-state index contributed by atoms with van der Waals surface area (Å²) in [6.45, 7) is 3.90. The van der Waals surface area contributed by atoms with E-state index in [1.807, 2.05) is 25.1 Å². The van der Waals surface area contributed by atoms with Crippen LogP contribution in [0.15, 0.2) is 54.6 Å². The number of nitrogens with zero attached hydrogens (tertiary/aromatic N) is 4. The molecule has 31 heavy (non-hydrogen) atoms. The Morgan fingerprint density at radius 2 is 1.65 bits per heavy atom. The summed E-state index contributed by atoms with van der Waals surface area (Å²) < 4.78 is 0. The Bertz CT molecular complexity index is 1090. The van der Waals surface area contributed by atoms with Gasteiger partial charge in [-0.3, -0.25) is 14.9 Å². The largest absolute Gasteiger partial charge is 0.341 e. The second-order valence-electron chi connectivity index (χ2n) is 7.35. The lowest BCUT2D eigenvalue weighted by atomic mass is 10.2. The highest BCUT2D eigenvalue weighted by atomic mass is 16.6. The maximum Gasteiger partial charge on any atom is 0.269 e. The van der Waals surface area contributed by atoms with E-state index in [-0.39, 0.29) is 11.6 Å². The molecule has 0 bridgehead atoms. The van der Waals surface area contributed by atoms with Crippen LogP contribution in [0.2, 0.25) is 0 Å². The van der Waals surface area contributed by atoms with E-state index in [0.717, 1.165) is 49.1 Å². The summed E-state index contributed by atoms with van der Waals surface area (Å²) in [7, 11) is 0. The van der Waals surface area contributed by atoms with Gasteiger partial charge in [0.05, 0.1) is 4.92 Å². The molecule has 2 heterocycles. The van der Waals surface area contributed by atoms with E-state index in [0.29, 0.717) is 11.3 Å². The number of nitrogens with one attached hydrogen (secondary N) is 2. The van der Waals surface area contributed by atoms with Crippen LogP contribution in [-0.4, -0.2) is 33.9 Å². The van der Waals surface area contributed by atoms with Gasteiger partial charge < -0.3 is 15.5 Å². The molecule has 0 saturated carbocycles. The van der Waals surface area contributed by atoms with Gasteiger partial charge in [0.15, 0.2) is 0 Å².